The molecule has 5 rings (SSSR count). The first-order valence-corrected chi connectivity index (χ1v) is 12.5. The summed E-state index contributed by atoms with van der Waals surface area (Å²) in [6.45, 7) is 3.06. The van der Waals surface area contributed by atoms with E-state index in [2.05, 4.69) is 68.5 Å². The lowest BCUT2D eigenvalue weighted by Crippen LogP contribution is -2.38. The first kappa shape index (κ1) is 22.6. The number of carbonyl (C=O) groups is 2. The number of imide groups is 1. The summed E-state index contributed by atoms with van der Waals surface area (Å²) in [6, 6.07) is 11.4. The van der Waals surface area contributed by atoms with Crippen molar-refractivity contribution in [1.29, 1.82) is 0 Å². The van der Waals surface area contributed by atoms with E-state index >= 15 is 0 Å². The zero-order chi connectivity index (χ0) is 23.5. The number of carbonyl (C=O) groups excluding carboxylic acids is 2. The molecule has 8 nitrogen and oxygen atoms in total. The molecule has 1 atom stereocenters. The molecule has 0 spiro atoms. The number of benzene rings is 1. The summed E-state index contributed by atoms with van der Waals surface area (Å²) in [6.07, 6.45) is 9.84. The van der Waals surface area contributed by atoms with Gasteiger partial charge in [0, 0.05) is 42.1 Å². The number of rotatable bonds is 6. The second-order valence-electron chi connectivity index (χ2n) is 8.90. The molecule has 1 saturated heterocycles. The standard InChI is InChI=1S/C25H28N6O2S/c1-15-12-16(20-4-2-3-5-21(20)28-15)14-27-17-6-8-18(9-7-17)29-24-26-11-10-19(30-24)13-22-23(32)31-25(33)34-22/h2-5,10-13,15,17-18,27-28H,6-9,14H2,1H3,(H,26,29,30)(H,31,32,33)/b22-13-. The van der Waals surface area contributed by atoms with Crippen LogP contribution in [0.25, 0.3) is 11.6 Å². The SMILES string of the molecule is CC1C=C(CNC2CCC(Nc3nccc(/C=C4\SC(=O)NC4=O)n3)CC2)c2ccccc2N1. The normalized spacial score (nSPS) is 25.4. The predicted octanol–water partition coefficient (Wildman–Crippen LogP) is 4.01. The number of hydrogen-bond donors (Lipinski definition) is 4. The number of thioether (sulfide) groups is 1. The van der Waals surface area contributed by atoms with E-state index < -0.39 is 0 Å². The zero-order valence-electron chi connectivity index (χ0n) is 19.0. The Morgan fingerprint density at radius 1 is 1.12 bits per heavy atom. The average Bonchev–Trinajstić information content (AvgIpc) is 3.14. The maximum Gasteiger partial charge on any atom is 0.290 e. The molecule has 1 unspecified atom stereocenters. The third-order valence-corrected chi connectivity index (χ3v) is 7.16. The summed E-state index contributed by atoms with van der Waals surface area (Å²) in [4.78, 5) is 32.3. The molecule has 2 amide bonds. The zero-order valence-corrected chi connectivity index (χ0v) is 19.8. The molecule has 4 N–H and O–H groups in total. The highest BCUT2D eigenvalue weighted by molar-refractivity contribution is 8.18. The van der Waals surface area contributed by atoms with E-state index in [0.29, 0.717) is 34.7 Å². The lowest BCUT2D eigenvalue weighted by atomic mass is 9.90. The molecule has 2 aromatic rings. The highest BCUT2D eigenvalue weighted by Crippen LogP contribution is 2.30. The fourth-order valence-corrected chi connectivity index (χ4v) is 5.35. The molecule has 2 fully saturated rings. The van der Waals surface area contributed by atoms with Crippen LogP contribution in [0.4, 0.5) is 16.4 Å². The second kappa shape index (κ2) is 9.99. The molecule has 1 aliphatic carbocycles. The summed E-state index contributed by atoms with van der Waals surface area (Å²) in [5.74, 6) is 0.165. The van der Waals surface area contributed by atoms with Crippen molar-refractivity contribution in [3.63, 3.8) is 0 Å². The number of nitrogens with zero attached hydrogens (tertiary/aromatic N) is 2. The molecule has 1 aromatic heterocycles. The largest absolute Gasteiger partial charge is 0.379 e. The van der Waals surface area contributed by atoms with Gasteiger partial charge in [-0.2, -0.15) is 0 Å². The molecule has 9 heteroatoms. The van der Waals surface area contributed by atoms with E-state index in [4.69, 9.17) is 0 Å². The molecule has 1 saturated carbocycles. The third kappa shape index (κ3) is 5.31. The number of aromatic nitrogens is 2. The van der Waals surface area contributed by atoms with Crippen molar-refractivity contribution in [2.75, 3.05) is 17.2 Å². The number of fused-ring (bicyclic) bond motifs is 1. The van der Waals surface area contributed by atoms with Crippen LogP contribution in [0.2, 0.25) is 0 Å². The quantitative estimate of drug-likeness (QED) is 0.463. The van der Waals surface area contributed by atoms with Crippen LogP contribution in [0.5, 0.6) is 0 Å². The van der Waals surface area contributed by atoms with E-state index in [-0.39, 0.29) is 11.1 Å². The summed E-state index contributed by atoms with van der Waals surface area (Å²) >= 11 is 0.888. The van der Waals surface area contributed by atoms with E-state index in [1.807, 2.05) is 0 Å². The van der Waals surface area contributed by atoms with Gasteiger partial charge >= 0.3 is 0 Å². The fourth-order valence-electron chi connectivity index (χ4n) is 4.68. The van der Waals surface area contributed by atoms with Crippen molar-refractivity contribution < 1.29 is 9.59 Å². The molecule has 3 heterocycles. The monoisotopic (exact) mass is 476 g/mol. The van der Waals surface area contributed by atoms with Crippen LogP contribution < -0.4 is 21.3 Å². The van der Waals surface area contributed by atoms with Crippen LogP contribution in [0, 0.1) is 0 Å². The Labute approximate surface area is 203 Å². The van der Waals surface area contributed by atoms with Gasteiger partial charge in [0.15, 0.2) is 0 Å². The maximum atomic E-state index is 11.8. The van der Waals surface area contributed by atoms with Gasteiger partial charge in [-0.1, -0.05) is 24.3 Å². The maximum absolute atomic E-state index is 11.8. The van der Waals surface area contributed by atoms with Gasteiger partial charge in [0.1, 0.15) is 0 Å². The minimum atomic E-state index is -0.382. The van der Waals surface area contributed by atoms with Crippen molar-refractivity contribution in [3.05, 3.63) is 58.8 Å². The van der Waals surface area contributed by atoms with Crippen LogP contribution in [-0.4, -0.2) is 45.8 Å². The van der Waals surface area contributed by atoms with Gasteiger partial charge < -0.3 is 16.0 Å². The number of hydrogen-bond acceptors (Lipinski definition) is 8. The summed E-state index contributed by atoms with van der Waals surface area (Å²) in [5.41, 5.74) is 4.45. The molecule has 0 bridgehead atoms. The first-order valence-electron chi connectivity index (χ1n) is 11.7. The minimum absolute atomic E-state index is 0.311. The van der Waals surface area contributed by atoms with Crippen LogP contribution in [0.1, 0.15) is 43.9 Å². The topological polar surface area (TPSA) is 108 Å². The number of anilines is 2. The average molecular weight is 477 g/mol. The Morgan fingerprint density at radius 2 is 1.91 bits per heavy atom. The van der Waals surface area contributed by atoms with Crippen LogP contribution in [-0.2, 0) is 4.79 Å². The first-order chi connectivity index (χ1) is 16.5. The Kier molecular flexibility index (Phi) is 6.64. The summed E-state index contributed by atoms with van der Waals surface area (Å²) in [5, 5.41) is 12.6. The predicted molar refractivity (Wildman–Crippen MR) is 136 cm³/mol. The smallest absolute Gasteiger partial charge is 0.290 e. The Hall–Kier alpha value is -3.17. The van der Waals surface area contributed by atoms with Crippen molar-refractivity contribution in [2.45, 2.75) is 50.7 Å². The molecule has 3 aliphatic rings. The Bertz CT molecular complexity index is 1160. The van der Waals surface area contributed by atoms with Crippen LogP contribution in [0.3, 0.4) is 0 Å². The lowest BCUT2D eigenvalue weighted by molar-refractivity contribution is -0.115. The Morgan fingerprint density at radius 3 is 2.71 bits per heavy atom. The summed E-state index contributed by atoms with van der Waals surface area (Å²) < 4.78 is 0. The molecule has 2 aliphatic heterocycles. The van der Waals surface area contributed by atoms with Crippen LogP contribution >= 0.6 is 11.8 Å². The fraction of sp³-hybridized carbons (Fsp3) is 0.360. The van der Waals surface area contributed by atoms with Gasteiger partial charge in [0.05, 0.1) is 10.6 Å². The molecule has 1 aromatic carbocycles. The number of nitrogens with one attached hydrogen (secondary N) is 4. The number of amides is 2. The van der Waals surface area contributed by atoms with Crippen molar-refractivity contribution in [1.82, 2.24) is 20.6 Å². The van der Waals surface area contributed by atoms with Crippen molar-refractivity contribution in [2.24, 2.45) is 0 Å². The van der Waals surface area contributed by atoms with Gasteiger partial charge in [-0.15, -0.1) is 0 Å². The summed E-state index contributed by atoms with van der Waals surface area (Å²) in [7, 11) is 0. The van der Waals surface area contributed by atoms with E-state index in [1.165, 1.54) is 16.8 Å². The Balaban J connectivity index is 1.13. The van der Waals surface area contributed by atoms with E-state index in [9.17, 15) is 9.59 Å². The van der Waals surface area contributed by atoms with E-state index in [1.54, 1.807) is 18.3 Å². The lowest BCUT2D eigenvalue weighted by Gasteiger charge is -2.31. The van der Waals surface area contributed by atoms with Crippen molar-refractivity contribution in [3.8, 4) is 0 Å². The third-order valence-electron chi connectivity index (χ3n) is 6.35. The van der Waals surface area contributed by atoms with Gasteiger partial charge in [0.2, 0.25) is 5.95 Å². The van der Waals surface area contributed by atoms with Gasteiger partial charge in [-0.3, -0.25) is 14.9 Å². The molecule has 176 valence electrons. The number of para-hydroxylation sites is 1. The highest BCUT2D eigenvalue weighted by Gasteiger charge is 2.26. The molecular formula is C25H28N6O2S. The van der Waals surface area contributed by atoms with E-state index in [0.717, 1.165) is 44.0 Å². The van der Waals surface area contributed by atoms with Gasteiger partial charge in [-0.25, -0.2) is 9.97 Å². The van der Waals surface area contributed by atoms with Gasteiger partial charge in [-0.05, 0) is 68.2 Å². The molecule has 0 radical (unpaired) electrons. The highest BCUT2D eigenvalue weighted by atomic mass is 32.2. The van der Waals surface area contributed by atoms with Crippen molar-refractivity contribution >= 4 is 46.2 Å². The molecular weight excluding hydrogens is 448 g/mol. The molecule has 34 heavy (non-hydrogen) atoms. The second-order valence-corrected chi connectivity index (χ2v) is 9.92. The van der Waals surface area contributed by atoms with Crippen LogP contribution in [0.15, 0.2) is 47.5 Å². The van der Waals surface area contributed by atoms with Gasteiger partial charge in [0.25, 0.3) is 11.1 Å². The minimum Gasteiger partial charge on any atom is -0.379 e.